The molecule has 1 fully saturated rings. The van der Waals surface area contributed by atoms with Crippen molar-refractivity contribution in [3.8, 4) is 0 Å². The Kier molecular flexibility index (Phi) is 5.77. The topological polar surface area (TPSA) is 104 Å². The molecule has 10 nitrogen and oxygen atoms in total. The number of rotatable bonds is 4. The van der Waals surface area contributed by atoms with Crippen LogP contribution in [0.3, 0.4) is 0 Å². The summed E-state index contributed by atoms with van der Waals surface area (Å²) in [5, 5.41) is 7.08. The number of benzene rings is 4. The minimum atomic E-state index is -1.05. The van der Waals surface area contributed by atoms with Crippen LogP contribution < -0.4 is 5.32 Å². The summed E-state index contributed by atoms with van der Waals surface area (Å²) in [6.07, 6.45) is -0.613. The van der Waals surface area contributed by atoms with Gasteiger partial charge in [0.15, 0.2) is 5.72 Å². The molecule has 0 radical (unpaired) electrons. The van der Waals surface area contributed by atoms with Crippen LogP contribution >= 0.6 is 0 Å². The molecule has 6 aromatic rings. The minimum absolute atomic E-state index is 0.0721. The summed E-state index contributed by atoms with van der Waals surface area (Å²) in [7, 11) is 4.79. The Bertz CT molecular complexity index is 2350. The molecule has 0 aliphatic carbocycles. The van der Waals surface area contributed by atoms with Crippen molar-refractivity contribution in [2.45, 2.75) is 44.0 Å². The number of methoxy groups -OCH3 is 2. The van der Waals surface area contributed by atoms with Crippen LogP contribution in [-0.4, -0.2) is 65.2 Å². The Morgan fingerprint density at radius 2 is 1.57 bits per heavy atom. The average Bonchev–Trinajstić information content (AvgIpc) is 3.74. The molecule has 9 rings (SSSR count). The van der Waals surface area contributed by atoms with E-state index in [1.165, 1.54) is 7.11 Å². The zero-order valence-electron chi connectivity index (χ0n) is 26.4. The molecular weight excluding hydrogens is 596 g/mol. The van der Waals surface area contributed by atoms with Gasteiger partial charge in [-0.2, -0.15) is 0 Å². The van der Waals surface area contributed by atoms with Crippen LogP contribution in [0.15, 0.2) is 72.8 Å². The normalized spacial score (nSPS) is 23.0. The van der Waals surface area contributed by atoms with Crippen LogP contribution in [0.25, 0.3) is 43.6 Å². The van der Waals surface area contributed by atoms with E-state index in [2.05, 4.69) is 38.7 Å². The Labute approximate surface area is 269 Å². The molecule has 4 atom stereocenters. The summed E-state index contributed by atoms with van der Waals surface area (Å²) in [4.78, 5) is 41.5. The maximum absolute atomic E-state index is 14.1. The van der Waals surface area contributed by atoms with Crippen molar-refractivity contribution < 1.29 is 28.6 Å². The third-order valence-electron chi connectivity index (χ3n) is 10.6. The highest BCUT2D eigenvalue weighted by atomic mass is 16.6. The first kappa shape index (κ1) is 28.1. The maximum Gasteiger partial charge on any atom is 0.337 e. The van der Waals surface area contributed by atoms with Gasteiger partial charge in [0.25, 0.3) is 11.8 Å². The lowest BCUT2D eigenvalue weighted by Crippen LogP contribution is -2.61. The van der Waals surface area contributed by atoms with Crippen molar-refractivity contribution >= 4 is 61.4 Å². The molecule has 0 saturated carbocycles. The van der Waals surface area contributed by atoms with Crippen molar-refractivity contribution in [3.63, 3.8) is 0 Å². The molecular formula is C37H32N4O6. The van der Waals surface area contributed by atoms with Gasteiger partial charge >= 0.3 is 5.97 Å². The van der Waals surface area contributed by atoms with Crippen molar-refractivity contribution in [1.29, 1.82) is 0 Å². The number of nitrogens with zero attached hydrogens (tertiary/aromatic N) is 3. The molecule has 3 aliphatic heterocycles. The highest BCUT2D eigenvalue weighted by molar-refractivity contribution is 6.31. The Morgan fingerprint density at radius 1 is 0.915 bits per heavy atom. The lowest BCUT2D eigenvalue weighted by molar-refractivity contribution is -0.264. The van der Waals surface area contributed by atoms with Gasteiger partial charge in [-0.15, -0.1) is 0 Å². The third-order valence-corrected chi connectivity index (χ3v) is 10.6. The number of likely N-dealkylation sites (N-methyl/N-ethyl adjacent to an activating group) is 1. The number of hydrogen-bond donors (Lipinski definition) is 1. The number of aromatic nitrogens is 2. The molecule has 1 saturated heterocycles. The van der Waals surface area contributed by atoms with E-state index < -0.39 is 30.1 Å². The van der Waals surface area contributed by atoms with E-state index >= 15 is 0 Å². The van der Waals surface area contributed by atoms with E-state index in [-0.39, 0.29) is 11.8 Å². The van der Waals surface area contributed by atoms with E-state index in [1.54, 1.807) is 43.3 Å². The molecule has 4 aromatic carbocycles. The van der Waals surface area contributed by atoms with Gasteiger partial charge in [-0.1, -0.05) is 36.4 Å². The second-order valence-electron chi connectivity index (χ2n) is 12.8. The predicted octanol–water partition coefficient (Wildman–Crippen LogP) is 5.69. The Morgan fingerprint density at radius 3 is 2.28 bits per heavy atom. The number of amides is 2. The second kappa shape index (κ2) is 9.66. The van der Waals surface area contributed by atoms with Gasteiger partial charge in [-0.3, -0.25) is 9.59 Å². The van der Waals surface area contributed by atoms with Gasteiger partial charge in [-0.25, -0.2) is 4.79 Å². The smallest absolute Gasteiger partial charge is 0.337 e. The fourth-order valence-corrected chi connectivity index (χ4v) is 8.61. The first-order valence-electron chi connectivity index (χ1n) is 15.7. The van der Waals surface area contributed by atoms with Gasteiger partial charge in [0.05, 0.1) is 46.3 Å². The summed E-state index contributed by atoms with van der Waals surface area (Å²) < 4.78 is 22.9. The van der Waals surface area contributed by atoms with Crippen LogP contribution in [0.2, 0.25) is 0 Å². The maximum atomic E-state index is 14.1. The highest BCUT2D eigenvalue weighted by Gasteiger charge is 2.55. The number of carbonyl (C=O) groups is 3. The summed E-state index contributed by atoms with van der Waals surface area (Å²) in [6.45, 7) is 2.49. The molecule has 236 valence electrons. The van der Waals surface area contributed by atoms with Gasteiger partial charge in [0.1, 0.15) is 12.3 Å². The summed E-state index contributed by atoms with van der Waals surface area (Å²) >= 11 is 0. The van der Waals surface area contributed by atoms with Gasteiger partial charge < -0.3 is 33.6 Å². The largest absolute Gasteiger partial charge is 0.465 e. The van der Waals surface area contributed by atoms with Crippen LogP contribution in [-0.2, 0) is 26.5 Å². The predicted molar refractivity (Wildman–Crippen MR) is 176 cm³/mol. The molecule has 0 unspecified atom stereocenters. The zero-order valence-corrected chi connectivity index (χ0v) is 26.4. The lowest BCUT2D eigenvalue weighted by atomic mass is 9.91. The number of fused-ring (bicyclic) bond motifs is 13. The van der Waals surface area contributed by atoms with Crippen molar-refractivity contribution in [2.24, 2.45) is 0 Å². The van der Waals surface area contributed by atoms with Crippen LogP contribution in [0.5, 0.6) is 0 Å². The molecule has 2 amide bonds. The van der Waals surface area contributed by atoms with E-state index in [9.17, 15) is 14.4 Å². The SMILES string of the molecule is COC(=O)c1ccc(C(=O)N(C)[C@@H]2C[C@H]3O[C@@](C)([C@@H]2OC)n2c4ccccc4c4c5c(c6c7ccccc7n3c6c42)C(=O)NC5)cc1. The fraction of sp³-hybridized carbons (Fsp3) is 0.270. The number of hydrogen-bond acceptors (Lipinski definition) is 6. The van der Waals surface area contributed by atoms with Gasteiger partial charge in [-0.05, 0) is 48.9 Å². The van der Waals surface area contributed by atoms with Gasteiger partial charge in [0, 0.05) is 54.2 Å². The standard InChI is InChI=1S/C37H32N4O6/c1-37-33(45-3)26(39(2)35(43)19-13-15-20(16-14-19)36(44)46-4)17-27(47-37)40-24-11-7-5-9-21(24)29-30-23(18-38-34(30)42)28-22-10-6-8-12-25(22)41(37)32(28)31(29)40/h5-16,26-27,33H,17-18H2,1-4H3,(H,38,42)/t26-,27-,33-,37+/m1/s1. The monoisotopic (exact) mass is 628 g/mol. The second-order valence-corrected chi connectivity index (χ2v) is 12.8. The zero-order chi connectivity index (χ0) is 32.4. The molecule has 3 aliphatic rings. The quantitative estimate of drug-likeness (QED) is 0.252. The Hall–Kier alpha value is -5.19. The first-order chi connectivity index (χ1) is 22.8. The molecule has 47 heavy (non-hydrogen) atoms. The number of nitrogens with one attached hydrogen (secondary N) is 1. The van der Waals surface area contributed by atoms with Crippen LogP contribution in [0.4, 0.5) is 0 Å². The van der Waals surface area contributed by atoms with Crippen molar-refractivity contribution in [3.05, 3.63) is 95.1 Å². The number of carbonyl (C=O) groups excluding carboxylic acids is 3. The lowest BCUT2D eigenvalue weighted by Gasteiger charge is -2.50. The van der Waals surface area contributed by atoms with E-state index in [4.69, 9.17) is 14.2 Å². The molecule has 1 N–H and O–H groups in total. The van der Waals surface area contributed by atoms with E-state index in [0.717, 1.165) is 54.7 Å². The van der Waals surface area contributed by atoms with E-state index in [1.807, 2.05) is 31.2 Å². The van der Waals surface area contributed by atoms with Crippen molar-refractivity contribution in [1.82, 2.24) is 19.4 Å². The van der Waals surface area contributed by atoms with Crippen LogP contribution in [0.1, 0.15) is 56.2 Å². The highest BCUT2D eigenvalue weighted by Crippen LogP contribution is 2.54. The average molecular weight is 629 g/mol. The van der Waals surface area contributed by atoms with E-state index in [0.29, 0.717) is 24.1 Å². The molecule has 5 heterocycles. The molecule has 0 spiro atoms. The van der Waals surface area contributed by atoms with Crippen molar-refractivity contribution in [2.75, 3.05) is 21.3 Å². The molecule has 10 heteroatoms. The molecule has 2 aromatic heterocycles. The third kappa shape index (κ3) is 3.48. The van der Waals surface area contributed by atoms with Crippen LogP contribution in [0, 0.1) is 0 Å². The summed E-state index contributed by atoms with van der Waals surface area (Å²) in [5.41, 5.74) is 5.34. The molecule has 2 bridgehead atoms. The first-order valence-corrected chi connectivity index (χ1v) is 15.7. The number of ether oxygens (including phenoxy) is 3. The van der Waals surface area contributed by atoms with Gasteiger partial charge in [0.2, 0.25) is 0 Å². The number of esters is 1. The minimum Gasteiger partial charge on any atom is -0.465 e. The fourth-order valence-electron chi connectivity index (χ4n) is 8.61. The Balaban J connectivity index is 1.32. The summed E-state index contributed by atoms with van der Waals surface area (Å²) in [5.74, 6) is -0.733. The summed E-state index contributed by atoms with van der Waals surface area (Å²) in [6, 6.07) is 22.5. The number of para-hydroxylation sites is 2.